The Labute approximate surface area is 351 Å². The SMILES string of the molecule is c1ccc2oc(-c3ccc(-c4ccc5c(c4)c4c6c7ccccc7n7c8ccc(-c9ccc(-c%10nc%11ccccc%11o%10)cc9)cc8c(c8c9ccccc9n5c84)c67)cc3)nc2c1. The number of hydrogen-bond acceptors (Lipinski definition) is 4. The van der Waals surface area contributed by atoms with E-state index in [-0.39, 0.29) is 0 Å². The average Bonchev–Trinajstić information content (AvgIpc) is 4.19. The molecule has 286 valence electrons. The lowest BCUT2D eigenvalue weighted by atomic mass is 9.95. The normalized spacial score (nSPS) is 12.5. The van der Waals surface area contributed by atoms with Crippen LogP contribution in [0.15, 0.2) is 191 Å². The van der Waals surface area contributed by atoms with Crippen LogP contribution in [0.25, 0.3) is 144 Å². The molecule has 6 nitrogen and oxygen atoms in total. The zero-order valence-electron chi connectivity index (χ0n) is 32.9. The predicted molar refractivity (Wildman–Crippen MR) is 253 cm³/mol. The van der Waals surface area contributed by atoms with E-state index >= 15 is 0 Å². The van der Waals surface area contributed by atoms with Crippen molar-refractivity contribution in [3.05, 3.63) is 182 Å². The van der Waals surface area contributed by atoms with Gasteiger partial charge in [-0.2, -0.15) is 0 Å². The van der Waals surface area contributed by atoms with Crippen LogP contribution in [0.5, 0.6) is 0 Å². The standard InChI is InChI=1S/C56H30N4O2/c1-5-13-43-37(9-1)49-51-39-29-35(31-17-21-33(22-18-31)55-57-41-11-3-7-15-47(41)61-55)26-28-46(39)60-44-14-6-2-10-38(44)50(54(51)60)52-40-30-36(25-27-45(40)59(43)53(49)52)32-19-23-34(24-20-32)56-58-42-12-4-8-16-48(42)62-56/h1-30H. The number of para-hydroxylation sites is 6. The number of hydrogen-bond donors (Lipinski definition) is 0. The molecule has 0 aliphatic heterocycles. The van der Waals surface area contributed by atoms with Gasteiger partial charge >= 0.3 is 0 Å². The molecule has 0 amide bonds. The van der Waals surface area contributed by atoms with Gasteiger partial charge in [0.1, 0.15) is 11.0 Å². The Kier molecular flexibility index (Phi) is 6.07. The first kappa shape index (κ1) is 32.4. The third-order valence-electron chi connectivity index (χ3n) is 13.3. The minimum absolute atomic E-state index is 0.632. The topological polar surface area (TPSA) is 60.9 Å². The number of nitrogens with zero attached hydrogens (tertiary/aromatic N) is 4. The lowest BCUT2D eigenvalue weighted by molar-refractivity contribution is 0.619. The zero-order valence-corrected chi connectivity index (χ0v) is 32.9. The van der Waals surface area contributed by atoms with Gasteiger partial charge in [-0.1, -0.05) is 97.1 Å². The van der Waals surface area contributed by atoms with Crippen molar-refractivity contribution in [1.29, 1.82) is 0 Å². The van der Waals surface area contributed by atoms with Gasteiger partial charge in [0.15, 0.2) is 11.2 Å². The van der Waals surface area contributed by atoms with Crippen LogP contribution < -0.4 is 0 Å². The van der Waals surface area contributed by atoms with Crippen molar-refractivity contribution in [2.45, 2.75) is 0 Å². The Morgan fingerprint density at radius 1 is 0.306 bits per heavy atom. The molecule has 6 heterocycles. The Bertz CT molecular complexity index is 3970. The van der Waals surface area contributed by atoms with Gasteiger partial charge in [0, 0.05) is 54.2 Å². The molecule has 0 radical (unpaired) electrons. The molecule has 6 heteroatoms. The fourth-order valence-corrected chi connectivity index (χ4v) is 10.5. The second kappa shape index (κ2) is 11.6. The Morgan fingerprint density at radius 2 is 0.661 bits per heavy atom. The van der Waals surface area contributed by atoms with E-state index < -0.39 is 0 Å². The first-order valence-electron chi connectivity index (χ1n) is 21.0. The van der Waals surface area contributed by atoms with Crippen LogP contribution in [-0.2, 0) is 0 Å². The Morgan fingerprint density at radius 3 is 1.11 bits per heavy atom. The maximum atomic E-state index is 6.11. The van der Waals surface area contributed by atoms with E-state index in [1.165, 1.54) is 87.3 Å². The summed E-state index contributed by atoms with van der Waals surface area (Å²) in [6.45, 7) is 0. The molecule has 0 bridgehead atoms. The van der Waals surface area contributed by atoms with E-state index in [9.17, 15) is 0 Å². The molecule has 6 aromatic heterocycles. The minimum atomic E-state index is 0.632. The summed E-state index contributed by atoms with van der Waals surface area (Å²) in [4.78, 5) is 9.49. The highest BCUT2D eigenvalue weighted by molar-refractivity contribution is 6.45. The first-order valence-corrected chi connectivity index (χ1v) is 21.0. The maximum Gasteiger partial charge on any atom is 0.227 e. The van der Waals surface area contributed by atoms with Gasteiger partial charge in [-0.3, -0.25) is 0 Å². The molecule has 0 aliphatic rings. The quantitative estimate of drug-likeness (QED) is 0.178. The van der Waals surface area contributed by atoms with Gasteiger partial charge in [0.05, 0.1) is 33.1 Å². The van der Waals surface area contributed by atoms with Crippen molar-refractivity contribution in [1.82, 2.24) is 18.8 Å². The smallest absolute Gasteiger partial charge is 0.227 e. The highest BCUT2D eigenvalue weighted by Crippen LogP contribution is 2.52. The summed E-state index contributed by atoms with van der Waals surface area (Å²) in [5.74, 6) is 1.26. The van der Waals surface area contributed by atoms with E-state index in [2.05, 4.69) is 142 Å². The number of oxazole rings is 2. The van der Waals surface area contributed by atoms with Gasteiger partial charge in [-0.25, -0.2) is 9.97 Å². The molecule has 0 unspecified atom stereocenters. The van der Waals surface area contributed by atoms with Crippen molar-refractivity contribution in [2.75, 3.05) is 0 Å². The van der Waals surface area contributed by atoms with Crippen molar-refractivity contribution in [3.8, 4) is 45.2 Å². The molecule has 0 spiro atoms. The predicted octanol–water partition coefficient (Wildman–Crippen LogP) is 14.9. The van der Waals surface area contributed by atoms with E-state index in [1.807, 2.05) is 48.5 Å². The summed E-state index contributed by atoms with van der Waals surface area (Å²) >= 11 is 0. The molecule has 0 saturated heterocycles. The number of rotatable bonds is 4. The lowest BCUT2D eigenvalue weighted by Crippen LogP contribution is -1.83. The molecule has 0 fully saturated rings. The molecular weight excluding hydrogens is 761 g/mol. The van der Waals surface area contributed by atoms with Crippen molar-refractivity contribution in [2.24, 2.45) is 0 Å². The summed E-state index contributed by atoms with van der Waals surface area (Å²) < 4.78 is 17.2. The lowest BCUT2D eigenvalue weighted by Gasteiger charge is -2.06. The molecule has 0 atom stereocenters. The van der Waals surface area contributed by atoms with Crippen LogP contribution in [-0.4, -0.2) is 18.8 Å². The summed E-state index contributed by atoms with van der Waals surface area (Å²) in [7, 11) is 0. The zero-order chi connectivity index (χ0) is 40.2. The van der Waals surface area contributed by atoms with E-state index in [1.54, 1.807) is 0 Å². The van der Waals surface area contributed by atoms with Crippen molar-refractivity contribution >= 4 is 98.4 Å². The average molecular weight is 791 g/mol. The molecule has 62 heavy (non-hydrogen) atoms. The van der Waals surface area contributed by atoms with Gasteiger partial charge < -0.3 is 17.6 Å². The molecule has 15 rings (SSSR count). The van der Waals surface area contributed by atoms with Gasteiger partial charge in [-0.05, 0) is 107 Å². The van der Waals surface area contributed by atoms with Crippen LogP contribution >= 0.6 is 0 Å². The minimum Gasteiger partial charge on any atom is -0.436 e. The summed E-state index contributed by atoms with van der Waals surface area (Å²) in [6, 6.07) is 64.8. The van der Waals surface area contributed by atoms with E-state index in [4.69, 9.17) is 18.8 Å². The van der Waals surface area contributed by atoms with Gasteiger partial charge in [-0.15, -0.1) is 0 Å². The van der Waals surface area contributed by atoms with Crippen LogP contribution in [0.4, 0.5) is 0 Å². The van der Waals surface area contributed by atoms with Gasteiger partial charge in [0.2, 0.25) is 11.8 Å². The summed E-state index contributed by atoms with van der Waals surface area (Å²) in [5, 5.41) is 10.2. The van der Waals surface area contributed by atoms with Crippen LogP contribution in [0.1, 0.15) is 0 Å². The highest BCUT2D eigenvalue weighted by atomic mass is 16.4. The molecule has 0 aliphatic carbocycles. The molecule has 15 aromatic rings. The summed E-state index contributed by atoms with van der Waals surface area (Å²) in [6.07, 6.45) is 0. The van der Waals surface area contributed by atoms with Gasteiger partial charge in [0.25, 0.3) is 0 Å². The third-order valence-corrected chi connectivity index (χ3v) is 13.3. The molecule has 9 aromatic carbocycles. The number of aromatic nitrogens is 4. The fraction of sp³-hybridized carbons (Fsp3) is 0. The fourth-order valence-electron chi connectivity index (χ4n) is 10.5. The monoisotopic (exact) mass is 790 g/mol. The molecule has 0 N–H and O–H groups in total. The summed E-state index contributed by atoms with van der Waals surface area (Å²) in [5.41, 5.74) is 17.3. The third kappa shape index (κ3) is 4.17. The second-order valence-corrected chi connectivity index (χ2v) is 16.5. The Hall–Kier alpha value is -8.48. The van der Waals surface area contributed by atoms with Crippen molar-refractivity contribution in [3.63, 3.8) is 0 Å². The highest BCUT2D eigenvalue weighted by Gasteiger charge is 2.28. The van der Waals surface area contributed by atoms with E-state index in [0.717, 1.165) is 44.5 Å². The molecule has 0 saturated carbocycles. The van der Waals surface area contributed by atoms with Crippen LogP contribution in [0, 0.1) is 0 Å². The van der Waals surface area contributed by atoms with Crippen molar-refractivity contribution < 1.29 is 8.83 Å². The maximum absolute atomic E-state index is 6.11. The number of benzene rings is 9. The van der Waals surface area contributed by atoms with E-state index in [0.29, 0.717) is 11.8 Å². The number of fused-ring (bicyclic) bond motifs is 16. The largest absolute Gasteiger partial charge is 0.436 e. The van der Waals surface area contributed by atoms with Crippen LogP contribution in [0.2, 0.25) is 0 Å². The first-order chi connectivity index (χ1) is 30.7. The second-order valence-electron chi connectivity index (χ2n) is 16.5. The van der Waals surface area contributed by atoms with Crippen LogP contribution in [0.3, 0.4) is 0 Å². The Balaban J connectivity index is 0.969. The molecular formula is C56H30N4O2.